The monoisotopic (exact) mass is 487 g/mol. The van der Waals surface area contributed by atoms with E-state index in [4.69, 9.17) is 9.47 Å². The highest BCUT2D eigenvalue weighted by molar-refractivity contribution is 5.38. The fourth-order valence-electron chi connectivity index (χ4n) is 3.75. The van der Waals surface area contributed by atoms with Gasteiger partial charge in [-0.25, -0.2) is 8.78 Å². The maximum Gasteiger partial charge on any atom is 0.432 e. The lowest BCUT2D eigenvalue weighted by molar-refractivity contribution is -0.189. The largest absolute Gasteiger partial charge is 0.454 e. The Bertz CT molecular complexity index is 1060. The first-order chi connectivity index (χ1) is 16.8. The average Bonchev–Trinajstić information content (AvgIpc) is 2.83. The summed E-state index contributed by atoms with van der Waals surface area (Å²) in [5.74, 6) is -3.61. The number of alkyl halides is 2. The molecule has 1 radical (unpaired) electrons. The van der Waals surface area contributed by atoms with E-state index in [1.165, 1.54) is 12.1 Å². The van der Waals surface area contributed by atoms with Crippen LogP contribution in [0.3, 0.4) is 0 Å². The number of hydrogen-bond acceptors (Lipinski definition) is 2. The fraction of sp³-hybridized carbons (Fsp3) is 0.379. The molecule has 2 nitrogen and oxygen atoms in total. The van der Waals surface area contributed by atoms with Crippen molar-refractivity contribution in [2.24, 2.45) is 0 Å². The van der Waals surface area contributed by atoms with Crippen LogP contribution in [0.4, 0.5) is 17.6 Å². The Morgan fingerprint density at radius 3 is 1.77 bits per heavy atom. The first-order valence-electron chi connectivity index (χ1n) is 12.2. The normalized spacial score (nSPS) is 11.5. The van der Waals surface area contributed by atoms with Gasteiger partial charge in [0.05, 0.1) is 0 Å². The molecule has 0 atom stereocenters. The Morgan fingerprint density at radius 2 is 1.26 bits per heavy atom. The number of rotatable bonds is 13. The zero-order valence-electron chi connectivity index (χ0n) is 20.2. The molecule has 0 spiro atoms. The van der Waals surface area contributed by atoms with E-state index >= 15 is 0 Å². The van der Waals surface area contributed by atoms with Crippen molar-refractivity contribution in [2.75, 3.05) is 0 Å². The Balaban J connectivity index is 1.73. The van der Waals surface area contributed by atoms with Gasteiger partial charge in [0.25, 0.3) is 0 Å². The highest BCUT2D eigenvalue weighted by Gasteiger charge is 2.42. The van der Waals surface area contributed by atoms with Gasteiger partial charge in [0, 0.05) is 6.07 Å². The molecule has 0 aliphatic heterocycles. The summed E-state index contributed by atoms with van der Waals surface area (Å²) in [6.45, 7) is 4.22. The zero-order valence-corrected chi connectivity index (χ0v) is 20.2. The Hall–Kier alpha value is -3.02. The third kappa shape index (κ3) is 7.48. The number of ether oxygens (including phenoxy) is 2. The summed E-state index contributed by atoms with van der Waals surface area (Å²) in [6, 6.07) is 15.9. The van der Waals surface area contributed by atoms with Crippen LogP contribution in [-0.4, -0.2) is 0 Å². The Labute approximate surface area is 204 Å². The van der Waals surface area contributed by atoms with Gasteiger partial charge in [0.15, 0.2) is 11.6 Å². The molecule has 0 fully saturated rings. The van der Waals surface area contributed by atoms with Crippen molar-refractivity contribution in [2.45, 2.75) is 71.3 Å². The minimum Gasteiger partial charge on any atom is -0.454 e. The summed E-state index contributed by atoms with van der Waals surface area (Å²) < 4.78 is 69.1. The van der Waals surface area contributed by atoms with Crippen molar-refractivity contribution in [3.63, 3.8) is 0 Å². The summed E-state index contributed by atoms with van der Waals surface area (Å²) in [6.07, 6.45) is 3.90. The Kier molecular flexibility index (Phi) is 9.58. The number of benzene rings is 3. The lowest BCUT2D eigenvalue weighted by Crippen LogP contribution is -2.25. The molecule has 3 rings (SSSR count). The zero-order chi connectivity index (χ0) is 25.3. The molecule has 3 aromatic carbocycles. The highest BCUT2D eigenvalue weighted by Crippen LogP contribution is 2.38. The van der Waals surface area contributed by atoms with Crippen molar-refractivity contribution >= 4 is 0 Å². The van der Waals surface area contributed by atoms with E-state index in [0.717, 1.165) is 62.5 Å². The number of aryl methyl sites for hydroxylation is 2. The number of halogens is 4. The molecule has 0 amide bonds. The fourth-order valence-corrected chi connectivity index (χ4v) is 3.75. The third-order valence-corrected chi connectivity index (χ3v) is 5.73. The molecule has 0 saturated heterocycles. The molecular formula is C29H31F4O2. The second-order valence-corrected chi connectivity index (χ2v) is 8.58. The van der Waals surface area contributed by atoms with Gasteiger partial charge in [0.1, 0.15) is 22.9 Å². The molecule has 0 aliphatic rings. The molecule has 0 unspecified atom stereocenters. The molecule has 0 aromatic heterocycles. The van der Waals surface area contributed by atoms with Gasteiger partial charge in [-0.05, 0) is 67.1 Å². The van der Waals surface area contributed by atoms with Gasteiger partial charge in [-0.2, -0.15) is 8.78 Å². The van der Waals surface area contributed by atoms with Crippen LogP contribution in [0, 0.1) is 17.7 Å². The topological polar surface area (TPSA) is 18.5 Å². The predicted molar refractivity (Wildman–Crippen MR) is 129 cm³/mol. The van der Waals surface area contributed by atoms with E-state index in [-0.39, 0.29) is 11.5 Å². The van der Waals surface area contributed by atoms with Crippen LogP contribution in [0.25, 0.3) is 0 Å². The number of hydrogen-bond donors (Lipinski definition) is 0. The molecule has 0 aliphatic carbocycles. The maximum absolute atomic E-state index is 15.0. The van der Waals surface area contributed by atoms with Crippen LogP contribution >= 0.6 is 0 Å². The van der Waals surface area contributed by atoms with Crippen molar-refractivity contribution < 1.29 is 27.0 Å². The van der Waals surface area contributed by atoms with Gasteiger partial charge >= 0.3 is 6.11 Å². The SMILES string of the molecule is CCCCCc1ccc(Oc2[c]cc(F)c(C(F)(F)Oc3ccc(CCCCC)cc3)c2F)cc1. The summed E-state index contributed by atoms with van der Waals surface area (Å²) in [7, 11) is 0. The van der Waals surface area contributed by atoms with Gasteiger partial charge in [-0.3, -0.25) is 0 Å². The molecule has 0 heterocycles. The minimum atomic E-state index is -4.26. The van der Waals surface area contributed by atoms with Crippen LogP contribution in [0.1, 0.15) is 69.1 Å². The van der Waals surface area contributed by atoms with Crippen molar-refractivity contribution in [3.05, 3.63) is 89.0 Å². The Morgan fingerprint density at radius 1 is 0.743 bits per heavy atom. The molecular weight excluding hydrogens is 456 g/mol. The summed E-state index contributed by atoms with van der Waals surface area (Å²) >= 11 is 0. The van der Waals surface area contributed by atoms with Crippen LogP contribution in [0.15, 0.2) is 54.6 Å². The van der Waals surface area contributed by atoms with Crippen molar-refractivity contribution in [3.8, 4) is 17.2 Å². The highest BCUT2D eigenvalue weighted by atomic mass is 19.3. The summed E-state index contributed by atoms with van der Waals surface area (Å²) in [5, 5.41) is 0. The van der Waals surface area contributed by atoms with E-state index in [2.05, 4.69) is 19.9 Å². The second kappa shape index (κ2) is 12.6. The van der Waals surface area contributed by atoms with Gasteiger partial charge in [-0.1, -0.05) is 63.8 Å². The maximum atomic E-state index is 15.0. The van der Waals surface area contributed by atoms with Crippen molar-refractivity contribution in [1.29, 1.82) is 0 Å². The summed E-state index contributed by atoms with van der Waals surface area (Å²) in [4.78, 5) is 0. The predicted octanol–water partition coefficient (Wildman–Crippen LogP) is 9.15. The number of unbranched alkanes of at least 4 members (excludes halogenated alkanes) is 4. The van der Waals surface area contributed by atoms with Crippen LogP contribution < -0.4 is 9.47 Å². The molecule has 6 heteroatoms. The average molecular weight is 488 g/mol. The second-order valence-electron chi connectivity index (χ2n) is 8.58. The minimum absolute atomic E-state index is 0.193. The third-order valence-electron chi connectivity index (χ3n) is 5.73. The quantitative estimate of drug-likeness (QED) is 0.177. The van der Waals surface area contributed by atoms with Crippen LogP contribution in [-0.2, 0) is 19.0 Å². The van der Waals surface area contributed by atoms with E-state index in [1.807, 2.05) is 12.1 Å². The van der Waals surface area contributed by atoms with E-state index in [9.17, 15) is 17.6 Å². The van der Waals surface area contributed by atoms with Gasteiger partial charge in [-0.15, -0.1) is 0 Å². The van der Waals surface area contributed by atoms with Crippen LogP contribution in [0.5, 0.6) is 17.2 Å². The van der Waals surface area contributed by atoms with E-state index in [1.54, 1.807) is 24.3 Å². The first-order valence-corrected chi connectivity index (χ1v) is 12.2. The van der Waals surface area contributed by atoms with Crippen molar-refractivity contribution in [1.82, 2.24) is 0 Å². The van der Waals surface area contributed by atoms with E-state index < -0.39 is 29.1 Å². The smallest absolute Gasteiger partial charge is 0.432 e. The molecule has 0 N–H and O–H groups in total. The van der Waals surface area contributed by atoms with Gasteiger partial charge < -0.3 is 9.47 Å². The lowest BCUT2D eigenvalue weighted by atomic mass is 10.1. The van der Waals surface area contributed by atoms with Crippen LogP contribution in [0.2, 0.25) is 0 Å². The molecule has 3 aromatic rings. The first kappa shape index (κ1) is 26.6. The molecule has 0 saturated carbocycles. The van der Waals surface area contributed by atoms with E-state index in [0.29, 0.717) is 6.07 Å². The molecule has 35 heavy (non-hydrogen) atoms. The van der Waals surface area contributed by atoms with Gasteiger partial charge in [0.2, 0.25) is 0 Å². The standard InChI is InChI=1S/C29H31F4O2/c1-3-5-7-9-21-11-15-23(16-12-21)34-26-20-19-25(30)27(28(26)31)29(32,33)35-24-17-13-22(14-18-24)10-8-6-4-2/h11-19H,3-10H2,1-2H3. The molecule has 0 bridgehead atoms. The lowest BCUT2D eigenvalue weighted by Gasteiger charge is -2.20. The summed E-state index contributed by atoms with van der Waals surface area (Å²) in [5.41, 5.74) is 0.550. The molecule has 187 valence electrons.